The summed E-state index contributed by atoms with van der Waals surface area (Å²) in [5.74, 6) is -1.04. The van der Waals surface area contributed by atoms with E-state index in [0.29, 0.717) is 0 Å². The number of amides is 1. The number of rotatable bonds is 6. The van der Waals surface area contributed by atoms with Crippen LogP contribution in [0.3, 0.4) is 0 Å². The second-order valence-electron chi connectivity index (χ2n) is 6.57. The van der Waals surface area contributed by atoms with Gasteiger partial charge >= 0.3 is 0 Å². The Morgan fingerprint density at radius 1 is 1.07 bits per heavy atom. The number of carbonyl (C=O) groups excluding carboxylic acids is 1. The Balaban J connectivity index is 1.82. The molecule has 3 rings (SSSR count). The topological polar surface area (TPSA) is 66.5 Å². The Bertz CT molecular complexity index is 1110. The molecular weight excluding hydrogens is 379 g/mol. The van der Waals surface area contributed by atoms with Gasteiger partial charge in [-0.2, -0.15) is 0 Å². The summed E-state index contributed by atoms with van der Waals surface area (Å²) in [4.78, 5) is 12.7. The van der Waals surface area contributed by atoms with Crippen LogP contribution < -0.4 is 9.62 Å². The molecule has 0 aromatic heterocycles. The highest BCUT2D eigenvalue weighted by Gasteiger charge is 2.29. The van der Waals surface area contributed by atoms with Gasteiger partial charge < -0.3 is 5.32 Å². The van der Waals surface area contributed by atoms with Crippen molar-refractivity contribution in [1.29, 1.82) is 0 Å². The Hall–Kier alpha value is -2.93. The van der Waals surface area contributed by atoms with Crippen LogP contribution in [0.5, 0.6) is 0 Å². The van der Waals surface area contributed by atoms with Crippen molar-refractivity contribution >= 4 is 32.4 Å². The van der Waals surface area contributed by atoms with Gasteiger partial charge in [0.05, 0.1) is 11.9 Å². The molecule has 0 unspecified atom stereocenters. The molecule has 0 fully saturated rings. The average Bonchev–Trinajstić information content (AvgIpc) is 2.65. The smallest absolute Gasteiger partial charge is 0.243 e. The minimum Gasteiger partial charge on any atom is -0.350 e. The molecule has 0 saturated carbocycles. The number of anilines is 1. The van der Waals surface area contributed by atoms with Crippen LogP contribution in [0.25, 0.3) is 10.8 Å². The van der Waals surface area contributed by atoms with Gasteiger partial charge in [0, 0.05) is 6.54 Å². The molecule has 3 aromatic rings. The average molecular weight is 400 g/mol. The maximum atomic E-state index is 13.6. The number of sulfonamides is 1. The molecule has 0 aliphatic heterocycles. The van der Waals surface area contributed by atoms with Gasteiger partial charge in [-0.1, -0.05) is 48.5 Å². The molecule has 0 bridgehead atoms. The summed E-state index contributed by atoms with van der Waals surface area (Å²) in [6, 6.07) is 17.8. The van der Waals surface area contributed by atoms with Gasteiger partial charge in [-0.15, -0.1) is 0 Å². The van der Waals surface area contributed by atoms with E-state index in [0.717, 1.165) is 33.0 Å². The number of hydrogen-bond acceptors (Lipinski definition) is 3. The third-order valence-electron chi connectivity index (χ3n) is 4.48. The molecule has 3 aromatic carbocycles. The van der Waals surface area contributed by atoms with Crippen LogP contribution in [-0.2, 0) is 21.4 Å². The summed E-state index contributed by atoms with van der Waals surface area (Å²) in [5, 5.41) is 4.86. The van der Waals surface area contributed by atoms with Gasteiger partial charge in [-0.05, 0) is 41.5 Å². The highest BCUT2D eigenvalue weighted by Crippen LogP contribution is 2.22. The number of benzene rings is 3. The third-order valence-corrected chi connectivity index (χ3v) is 5.73. The third kappa shape index (κ3) is 4.31. The lowest BCUT2D eigenvalue weighted by Crippen LogP contribution is -2.47. The van der Waals surface area contributed by atoms with E-state index in [1.165, 1.54) is 25.1 Å². The van der Waals surface area contributed by atoms with E-state index >= 15 is 0 Å². The van der Waals surface area contributed by atoms with Crippen LogP contribution >= 0.6 is 0 Å². The van der Waals surface area contributed by atoms with Gasteiger partial charge in [0.1, 0.15) is 11.9 Å². The number of halogens is 1. The fraction of sp³-hybridized carbons (Fsp3) is 0.190. The molecule has 1 N–H and O–H groups in total. The van der Waals surface area contributed by atoms with Gasteiger partial charge in [0.2, 0.25) is 15.9 Å². The minimum atomic E-state index is -3.79. The van der Waals surface area contributed by atoms with Crippen LogP contribution in [0.1, 0.15) is 12.5 Å². The molecule has 0 spiro atoms. The van der Waals surface area contributed by atoms with E-state index in [1.54, 1.807) is 0 Å². The van der Waals surface area contributed by atoms with Crippen molar-refractivity contribution in [3.63, 3.8) is 0 Å². The SMILES string of the molecule is C[C@@H](C(=O)NCc1cccc2ccccc12)N(c1cccc(F)c1)S(C)(=O)=O. The first-order chi connectivity index (χ1) is 13.3. The molecule has 28 heavy (non-hydrogen) atoms. The van der Waals surface area contributed by atoms with E-state index in [2.05, 4.69) is 5.32 Å². The summed E-state index contributed by atoms with van der Waals surface area (Å²) < 4.78 is 39.0. The summed E-state index contributed by atoms with van der Waals surface area (Å²) >= 11 is 0. The van der Waals surface area contributed by atoms with E-state index in [1.807, 2.05) is 42.5 Å². The summed E-state index contributed by atoms with van der Waals surface area (Å²) in [7, 11) is -3.79. The molecule has 0 aliphatic rings. The van der Waals surface area contributed by atoms with E-state index in [-0.39, 0.29) is 12.2 Å². The van der Waals surface area contributed by atoms with E-state index < -0.39 is 27.8 Å². The number of nitrogens with one attached hydrogen (secondary N) is 1. The standard InChI is InChI=1S/C21H21FN2O3S/c1-15(24(28(2,26)27)19-11-6-10-18(22)13-19)21(25)23-14-17-9-5-8-16-7-3-4-12-20(16)17/h3-13,15H,14H2,1-2H3,(H,23,25)/t15-/m0/s1. The van der Waals surface area contributed by atoms with Crippen molar-refractivity contribution in [2.24, 2.45) is 0 Å². The Morgan fingerprint density at radius 3 is 2.46 bits per heavy atom. The lowest BCUT2D eigenvalue weighted by Gasteiger charge is -2.28. The first-order valence-electron chi connectivity index (χ1n) is 8.76. The van der Waals surface area contributed by atoms with E-state index in [9.17, 15) is 17.6 Å². The normalized spacial score (nSPS) is 12.5. The van der Waals surface area contributed by atoms with Crippen LogP contribution in [0, 0.1) is 5.82 Å². The van der Waals surface area contributed by atoms with Crippen molar-refractivity contribution in [2.75, 3.05) is 10.6 Å². The molecule has 1 atom stereocenters. The molecule has 146 valence electrons. The zero-order chi connectivity index (χ0) is 20.3. The zero-order valence-corrected chi connectivity index (χ0v) is 16.4. The lowest BCUT2D eigenvalue weighted by atomic mass is 10.0. The van der Waals surface area contributed by atoms with Gasteiger partial charge in [0.15, 0.2) is 0 Å². The largest absolute Gasteiger partial charge is 0.350 e. The quantitative estimate of drug-likeness (QED) is 0.689. The van der Waals surface area contributed by atoms with Crippen LogP contribution in [-0.4, -0.2) is 26.6 Å². The zero-order valence-electron chi connectivity index (χ0n) is 15.6. The maximum Gasteiger partial charge on any atom is 0.243 e. The fourth-order valence-corrected chi connectivity index (χ4v) is 4.37. The first-order valence-corrected chi connectivity index (χ1v) is 10.6. The predicted octanol–water partition coefficient (Wildman–Crippen LogP) is 3.45. The summed E-state index contributed by atoms with van der Waals surface area (Å²) in [5.41, 5.74) is 1.03. The van der Waals surface area contributed by atoms with Gasteiger partial charge in [-0.25, -0.2) is 12.8 Å². The molecule has 1 amide bonds. The first kappa shape index (κ1) is 19.8. The van der Waals surface area contributed by atoms with Gasteiger partial charge in [0.25, 0.3) is 0 Å². The molecule has 7 heteroatoms. The molecule has 0 radical (unpaired) electrons. The second-order valence-corrected chi connectivity index (χ2v) is 8.43. The Kier molecular flexibility index (Phi) is 5.65. The van der Waals surface area contributed by atoms with Crippen LogP contribution in [0.4, 0.5) is 10.1 Å². The molecule has 0 heterocycles. The number of carbonyl (C=O) groups is 1. The lowest BCUT2D eigenvalue weighted by molar-refractivity contribution is -0.122. The second kappa shape index (κ2) is 7.98. The van der Waals surface area contributed by atoms with Crippen LogP contribution in [0.2, 0.25) is 0 Å². The fourth-order valence-electron chi connectivity index (χ4n) is 3.20. The number of hydrogen-bond donors (Lipinski definition) is 1. The summed E-state index contributed by atoms with van der Waals surface area (Å²) in [6.07, 6.45) is 0.992. The highest BCUT2D eigenvalue weighted by atomic mass is 32.2. The predicted molar refractivity (Wildman–Crippen MR) is 109 cm³/mol. The molecule has 5 nitrogen and oxygen atoms in total. The van der Waals surface area contributed by atoms with Crippen molar-refractivity contribution in [1.82, 2.24) is 5.32 Å². The van der Waals surface area contributed by atoms with Crippen LogP contribution in [0.15, 0.2) is 66.7 Å². The maximum absolute atomic E-state index is 13.6. The van der Waals surface area contributed by atoms with Crippen molar-refractivity contribution in [2.45, 2.75) is 19.5 Å². The van der Waals surface area contributed by atoms with Crippen molar-refractivity contribution in [3.8, 4) is 0 Å². The van der Waals surface area contributed by atoms with Crippen molar-refractivity contribution < 1.29 is 17.6 Å². The number of nitrogens with zero attached hydrogens (tertiary/aromatic N) is 1. The Labute approximate surface area is 163 Å². The number of fused-ring (bicyclic) bond motifs is 1. The Morgan fingerprint density at radius 2 is 1.75 bits per heavy atom. The van der Waals surface area contributed by atoms with Crippen molar-refractivity contribution in [3.05, 3.63) is 78.1 Å². The molecule has 0 aliphatic carbocycles. The molecular formula is C21H21FN2O3S. The monoisotopic (exact) mass is 400 g/mol. The van der Waals surface area contributed by atoms with E-state index in [4.69, 9.17) is 0 Å². The molecule has 0 saturated heterocycles. The highest BCUT2D eigenvalue weighted by molar-refractivity contribution is 7.92. The summed E-state index contributed by atoms with van der Waals surface area (Å²) in [6.45, 7) is 1.73. The van der Waals surface area contributed by atoms with Gasteiger partial charge in [-0.3, -0.25) is 9.10 Å². The minimum absolute atomic E-state index is 0.107.